The van der Waals surface area contributed by atoms with E-state index in [1.165, 1.54) is 12.8 Å². The normalized spacial score (nSPS) is 47.9. The Balaban J connectivity index is 1.99. The van der Waals surface area contributed by atoms with Gasteiger partial charge in [-0.2, -0.15) is 0 Å². The van der Waals surface area contributed by atoms with Gasteiger partial charge in [0.2, 0.25) is 0 Å². The highest BCUT2D eigenvalue weighted by Gasteiger charge is 2.56. The van der Waals surface area contributed by atoms with Crippen molar-refractivity contribution < 1.29 is 9.90 Å². The zero-order valence-electron chi connectivity index (χ0n) is 14.3. The predicted octanol–water partition coefficient (Wildman–Crippen LogP) is 5.21. The molecule has 0 radical (unpaired) electrons. The van der Waals surface area contributed by atoms with Crippen molar-refractivity contribution in [1.29, 1.82) is 0 Å². The van der Waals surface area contributed by atoms with Gasteiger partial charge >= 0.3 is 5.97 Å². The maximum absolute atomic E-state index is 11.9. The smallest absolute Gasteiger partial charge is 0.309 e. The van der Waals surface area contributed by atoms with Crippen LogP contribution in [-0.2, 0) is 4.79 Å². The van der Waals surface area contributed by atoms with Crippen LogP contribution in [0.3, 0.4) is 0 Å². The number of hydrogen-bond acceptors (Lipinski definition) is 1. The molecule has 0 heterocycles. The summed E-state index contributed by atoms with van der Waals surface area (Å²) in [6.45, 7) is 10.7. The first-order valence-corrected chi connectivity index (χ1v) is 8.84. The van der Waals surface area contributed by atoms with Gasteiger partial charge in [-0.1, -0.05) is 38.0 Å². The second-order valence-corrected chi connectivity index (χ2v) is 8.66. The van der Waals surface area contributed by atoms with Crippen LogP contribution in [0.15, 0.2) is 24.3 Å². The van der Waals surface area contributed by atoms with E-state index in [2.05, 4.69) is 32.6 Å². The fourth-order valence-electron chi connectivity index (χ4n) is 5.65. The molecule has 0 amide bonds. The minimum atomic E-state index is -0.579. The zero-order chi connectivity index (χ0) is 16.2. The van der Waals surface area contributed by atoms with Gasteiger partial charge < -0.3 is 5.11 Å². The van der Waals surface area contributed by atoms with E-state index in [0.29, 0.717) is 11.8 Å². The van der Waals surface area contributed by atoms with E-state index in [4.69, 9.17) is 0 Å². The molecule has 2 unspecified atom stereocenters. The molecule has 0 aromatic rings. The van der Waals surface area contributed by atoms with Crippen LogP contribution < -0.4 is 0 Å². The monoisotopic (exact) mass is 302 g/mol. The van der Waals surface area contributed by atoms with Crippen LogP contribution in [0.1, 0.15) is 65.7 Å². The summed E-state index contributed by atoms with van der Waals surface area (Å²) >= 11 is 0. The largest absolute Gasteiger partial charge is 0.481 e. The molecule has 2 nitrogen and oxygen atoms in total. The Morgan fingerprint density at radius 1 is 1.23 bits per heavy atom. The highest BCUT2D eigenvalue weighted by molar-refractivity contribution is 5.75. The van der Waals surface area contributed by atoms with E-state index in [9.17, 15) is 9.90 Å². The number of hydrogen-bond donors (Lipinski definition) is 1. The van der Waals surface area contributed by atoms with Crippen molar-refractivity contribution in [1.82, 2.24) is 0 Å². The van der Waals surface area contributed by atoms with Crippen LogP contribution in [0.25, 0.3) is 0 Å². The molecule has 2 fully saturated rings. The Morgan fingerprint density at radius 3 is 2.59 bits per heavy atom. The Hall–Kier alpha value is -1.05. The van der Waals surface area contributed by atoms with Gasteiger partial charge in [-0.15, -0.1) is 6.58 Å². The lowest BCUT2D eigenvalue weighted by atomic mass is 9.46. The van der Waals surface area contributed by atoms with Crippen molar-refractivity contribution in [3.63, 3.8) is 0 Å². The summed E-state index contributed by atoms with van der Waals surface area (Å²) in [5.41, 5.74) is 1.41. The van der Waals surface area contributed by atoms with Gasteiger partial charge in [-0.3, -0.25) is 4.79 Å². The number of fused-ring (bicyclic) bond motifs is 3. The third-order valence-electron chi connectivity index (χ3n) is 7.43. The summed E-state index contributed by atoms with van der Waals surface area (Å²) in [5.74, 6) is 0.302. The highest BCUT2D eigenvalue weighted by atomic mass is 16.4. The van der Waals surface area contributed by atoms with E-state index < -0.39 is 11.4 Å². The second kappa shape index (κ2) is 4.97. The summed E-state index contributed by atoms with van der Waals surface area (Å²) in [6, 6.07) is 0. The van der Waals surface area contributed by atoms with Crippen LogP contribution >= 0.6 is 0 Å². The Bertz CT molecular complexity index is 534. The van der Waals surface area contributed by atoms with Crippen molar-refractivity contribution in [3.8, 4) is 0 Å². The molecule has 0 spiro atoms. The fraction of sp³-hybridized carbons (Fsp3) is 0.750. The van der Waals surface area contributed by atoms with Crippen LogP contribution in [0.4, 0.5) is 0 Å². The lowest BCUT2D eigenvalue weighted by Gasteiger charge is -2.57. The third kappa shape index (κ3) is 2.10. The highest BCUT2D eigenvalue weighted by Crippen LogP contribution is 2.63. The minimum Gasteiger partial charge on any atom is -0.481 e. The average molecular weight is 302 g/mol. The van der Waals surface area contributed by atoms with Crippen LogP contribution in [0.2, 0.25) is 0 Å². The Morgan fingerprint density at radius 2 is 1.95 bits per heavy atom. The van der Waals surface area contributed by atoms with Crippen molar-refractivity contribution in [3.05, 3.63) is 24.3 Å². The number of carbonyl (C=O) groups is 1. The van der Waals surface area contributed by atoms with Gasteiger partial charge in [-0.25, -0.2) is 0 Å². The van der Waals surface area contributed by atoms with E-state index in [-0.39, 0.29) is 10.8 Å². The zero-order valence-corrected chi connectivity index (χ0v) is 14.3. The standard InChI is InChI=1S/C20H30O2/c1-5-18(2)11-12-19(3)14(13-18)8-9-16-15(19)7-6-10-20(16,4)17(21)22/h5,13,15-16H,1,6-12H2,2-4H3,(H,21,22)/t15?,16?,18-,19+,20+/m0/s1. The molecule has 0 aromatic carbocycles. The molecule has 3 rings (SSSR count). The number of carboxylic acid groups (broad SMARTS) is 1. The van der Waals surface area contributed by atoms with E-state index in [0.717, 1.165) is 32.1 Å². The second-order valence-electron chi connectivity index (χ2n) is 8.66. The summed E-state index contributed by atoms with van der Waals surface area (Å²) in [7, 11) is 0. The molecule has 3 aliphatic carbocycles. The van der Waals surface area contributed by atoms with Crippen molar-refractivity contribution >= 4 is 5.97 Å². The Labute approximate surface area is 134 Å². The van der Waals surface area contributed by atoms with Crippen molar-refractivity contribution in [2.24, 2.45) is 28.1 Å². The molecule has 22 heavy (non-hydrogen) atoms. The van der Waals surface area contributed by atoms with Gasteiger partial charge in [0.15, 0.2) is 0 Å². The van der Waals surface area contributed by atoms with Crippen molar-refractivity contribution in [2.75, 3.05) is 0 Å². The SMILES string of the molecule is C=C[C@]1(C)C=C2CCC3C(CCC[C@@]3(C)C(=O)O)[C@]2(C)CC1. The lowest BCUT2D eigenvalue weighted by molar-refractivity contribution is -0.160. The summed E-state index contributed by atoms with van der Waals surface area (Å²) in [4.78, 5) is 11.9. The molecule has 5 atom stereocenters. The van der Waals surface area contributed by atoms with Gasteiger partial charge in [0, 0.05) is 5.41 Å². The molecule has 122 valence electrons. The first kappa shape index (κ1) is 15.8. The molecule has 3 aliphatic rings. The van der Waals surface area contributed by atoms with Gasteiger partial charge in [0.1, 0.15) is 0 Å². The average Bonchev–Trinajstić information content (AvgIpc) is 2.49. The molecular formula is C20H30O2. The lowest BCUT2D eigenvalue weighted by Crippen LogP contribution is -2.52. The van der Waals surface area contributed by atoms with Crippen LogP contribution in [-0.4, -0.2) is 11.1 Å². The number of carboxylic acids is 1. The molecular weight excluding hydrogens is 272 g/mol. The minimum absolute atomic E-state index is 0.131. The summed E-state index contributed by atoms with van der Waals surface area (Å²) in [5, 5.41) is 9.81. The van der Waals surface area contributed by atoms with E-state index in [1.54, 1.807) is 5.57 Å². The third-order valence-corrected chi connectivity index (χ3v) is 7.43. The topological polar surface area (TPSA) is 37.3 Å². The van der Waals surface area contributed by atoms with Crippen LogP contribution in [0.5, 0.6) is 0 Å². The summed E-state index contributed by atoms with van der Waals surface area (Å²) in [6.07, 6.45) is 12.1. The molecule has 2 heteroatoms. The fourth-order valence-corrected chi connectivity index (χ4v) is 5.65. The molecule has 0 saturated heterocycles. The van der Waals surface area contributed by atoms with Gasteiger partial charge in [0.25, 0.3) is 0 Å². The number of aliphatic carboxylic acids is 1. The first-order valence-electron chi connectivity index (χ1n) is 8.84. The maximum atomic E-state index is 11.9. The number of allylic oxidation sites excluding steroid dienone is 3. The molecule has 0 aromatic heterocycles. The van der Waals surface area contributed by atoms with E-state index >= 15 is 0 Å². The van der Waals surface area contributed by atoms with Gasteiger partial charge in [-0.05, 0) is 62.7 Å². The van der Waals surface area contributed by atoms with E-state index in [1.807, 2.05) is 6.92 Å². The number of rotatable bonds is 2. The first-order chi connectivity index (χ1) is 10.3. The van der Waals surface area contributed by atoms with Crippen LogP contribution in [0, 0.1) is 28.1 Å². The van der Waals surface area contributed by atoms with Gasteiger partial charge in [0.05, 0.1) is 5.41 Å². The Kier molecular flexibility index (Phi) is 3.58. The molecule has 2 saturated carbocycles. The predicted molar refractivity (Wildman–Crippen MR) is 89.5 cm³/mol. The molecule has 0 bridgehead atoms. The maximum Gasteiger partial charge on any atom is 0.309 e. The molecule has 0 aliphatic heterocycles. The quantitative estimate of drug-likeness (QED) is 0.711. The van der Waals surface area contributed by atoms with Crippen molar-refractivity contribution in [2.45, 2.75) is 65.7 Å². The molecule has 1 N–H and O–H groups in total. The summed E-state index contributed by atoms with van der Waals surface area (Å²) < 4.78 is 0.